The van der Waals surface area contributed by atoms with E-state index in [0.717, 1.165) is 0 Å². The Morgan fingerprint density at radius 1 is 1.32 bits per heavy atom. The molecule has 2 rings (SSSR count). The third-order valence-electron chi connectivity index (χ3n) is 2.73. The summed E-state index contributed by atoms with van der Waals surface area (Å²) in [5, 5.41) is 8.45. The molecule has 104 valence electrons. The van der Waals surface area contributed by atoms with Gasteiger partial charge in [-0.05, 0) is 43.0 Å². The van der Waals surface area contributed by atoms with Crippen molar-refractivity contribution in [3.05, 3.63) is 24.3 Å². The molecule has 1 saturated carbocycles. The molecule has 0 aromatic heterocycles. The van der Waals surface area contributed by atoms with E-state index in [4.69, 9.17) is 9.84 Å². The van der Waals surface area contributed by atoms with Crippen LogP contribution in [0.2, 0.25) is 0 Å². The van der Waals surface area contributed by atoms with Crippen molar-refractivity contribution in [2.24, 2.45) is 5.92 Å². The molecule has 7 heteroatoms. The Kier molecular flexibility index (Phi) is 4.06. The van der Waals surface area contributed by atoms with E-state index in [9.17, 15) is 13.2 Å². The first-order valence-corrected chi connectivity index (χ1v) is 7.40. The van der Waals surface area contributed by atoms with Gasteiger partial charge < -0.3 is 9.84 Å². The lowest BCUT2D eigenvalue weighted by molar-refractivity contribution is -0.135. The maximum atomic E-state index is 11.7. The molecule has 0 amide bonds. The van der Waals surface area contributed by atoms with E-state index in [1.807, 2.05) is 4.72 Å². The fourth-order valence-electron chi connectivity index (χ4n) is 1.45. The van der Waals surface area contributed by atoms with Crippen LogP contribution in [-0.4, -0.2) is 32.6 Å². The number of sulfonamides is 1. The molecular formula is C12H15NO5S. The molecule has 0 saturated heterocycles. The quantitative estimate of drug-likeness (QED) is 0.774. The van der Waals surface area contributed by atoms with Crippen molar-refractivity contribution >= 4 is 16.0 Å². The molecular weight excluding hydrogens is 270 g/mol. The van der Waals surface area contributed by atoms with Crippen molar-refractivity contribution in [3.8, 4) is 5.75 Å². The van der Waals surface area contributed by atoms with E-state index in [2.05, 4.69) is 0 Å². The van der Waals surface area contributed by atoms with Gasteiger partial charge in [0.25, 0.3) is 0 Å². The summed E-state index contributed by atoms with van der Waals surface area (Å²) in [5.41, 5.74) is 0. The number of ether oxygens (including phenoxy) is 1. The zero-order valence-electron chi connectivity index (χ0n) is 10.2. The number of benzene rings is 1. The van der Waals surface area contributed by atoms with Crippen LogP contribution in [0.3, 0.4) is 0 Å². The second-order valence-corrected chi connectivity index (χ2v) is 6.21. The predicted octanol–water partition coefficient (Wildman–Crippen LogP) is 0.838. The Labute approximate surface area is 111 Å². The van der Waals surface area contributed by atoms with Crippen LogP contribution in [-0.2, 0) is 14.8 Å². The molecule has 1 aliphatic carbocycles. The highest BCUT2D eigenvalue weighted by Crippen LogP contribution is 2.29. The van der Waals surface area contributed by atoms with Gasteiger partial charge in [-0.1, -0.05) is 0 Å². The molecule has 19 heavy (non-hydrogen) atoms. The van der Waals surface area contributed by atoms with Gasteiger partial charge in [0.1, 0.15) is 12.3 Å². The molecule has 0 aliphatic heterocycles. The number of carboxylic acid groups (broad SMARTS) is 1. The predicted molar refractivity (Wildman–Crippen MR) is 67.5 cm³/mol. The molecule has 2 N–H and O–H groups in total. The molecule has 1 aromatic rings. The number of nitrogens with one attached hydrogen (secondary N) is 1. The van der Waals surface area contributed by atoms with Crippen LogP contribution >= 0.6 is 0 Å². The van der Waals surface area contributed by atoms with Crippen LogP contribution in [0.5, 0.6) is 5.75 Å². The first kappa shape index (κ1) is 13.8. The largest absolute Gasteiger partial charge is 0.493 e. The number of rotatable bonds is 7. The Morgan fingerprint density at radius 2 is 1.95 bits per heavy atom. The van der Waals surface area contributed by atoms with Gasteiger partial charge in [-0.25, -0.2) is 8.42 Å². The molecule has 1 aliphatic rings. The summed E-state index contributed by atoms with van der Waals surface area (Å²) in [6.07, 6.45) is 2.37. The van der Waals surface area contributed by atoms with E-state index < -0.39 is 22.5 Å². The SMILES string of the molecule is O=C(O)CNS(=O)(=O)c1ccc(OCC2CC2)cc1. The van der Waals surface area contributed by atoms with Crippen LogP contribution in [0, 0.1) is 5.92 Å². The minimum Gasteiger partial charge on any atom is -0.493 e. The molecule has 1 aromatic carbocycles. The smallest absolute Gasteiger partial charge is 0.318 e. The maximum Gasteiger partial charge on any atom is 0.318 e. The van der Waals surface area contributed by atoms with Gasteiger partial charge in [-0.3, -0.25) is 4.79 Å². The lowest BCUT2D eigenvalue weighted by Gasteiger charge is -2.07. The van der Waals surface area contributed by atoms with Crippen LogP contribution in [0.25, 0.3) is 0 Å². The number of aliphatic carboxylic acids is 1. The maximum absolute atomic E-state index is 11.7. The lowest BCUT2D eigenvalue weighted by atomic mass is 10.3. The molecule has 1 fully saturated rings. The van der Waals surface area contributed by atoms with Gasteiger partial charge in [0.2, 0.25) is 10.0 Å². The highest BCUT2D eigenvalue weighted by atomic mass is 32.2. The summed E-state index contributed by atoms with van der Waals surface area (Å²) < 4.78 is 30.9. The minimum absolute atomic E-state index is 0.0209. The van der Waals surface area contributed by atoms with Gasteiger partial charge in [0.15, 0.2) is 0 Å². The molecule has 0 unspecified atom stereocenters. The lowest BCUT2D eigenvalue weighted by Crippen LogP contribution is -2.29. The summed E-state index contributed by atoms with van der Waals surface area (Å²) in [6, 6.07) is 5.92. The number of hydrogen-bond acceptors (Lipinski definition) is 4. The van der Waals surface area contributed by atoms with E-state index in [-0.39, 0.29) is 4.90 Å². The monoisotopic (exact) mass is 285 g/mol. The number of carbonyl (C=O) groups is 1. The third-order valence-corrected chi connectivity index (χ3v) is 4.15. The highest BCUT2D eigenvalue weighted by molar-refractivity contribution is 7.89. The second kappa shape index (κ2) is 5.58. The second-order valence-electron chi connectivity index (χ2n) is 4.44. The Hall–Kier alpha value is -1.60. The topological polar surface area (TPSA) is 92.7 Å². The van der Waals surface area contributed by atoms with E-state index >= 15 is 0 Å². The number of hydrogen-bond donors (Lipinski definition) is 2. The molecule has 0 radical (unpaired) electrons. The van der Waals surface area contributed by atoms with Crippen molar-refractivity contribution < 1.29 is 23.1 Å². The zero-order chi connectivity index (χ0) is 13.9. The van der Waals surface area contributed by atoms with Crippen LogP contribution < -0.4 is 9.46 Å². The first-order valence-electron chi connectivity index (χ1n) is 5.92. The van der Waals surface area contributed by atoms with E-state index in [0.29, 0.717) is 18.3 Å². The summed E-state index contributed by atoms with van der Waals surface area (Å²) in [4.78, 5) is 10.4. The van der Waals surface area contributed by atoms with E-state index in [1.54, 1.807) is 12.1 Å². The molecule has 0 heterocycles. The average molecular weight is 285 g/mol. The summed E-state index contributed by atoms with van der Waals surface area (Å²) in [7, 11) is -3.78. The van der Waals surface area contributed by atoms with Crippen molar-refractivity contribution in [1.29, 1.82) is 0 Å². The van der Waals surface area contributed by atoms with Gasteiger partial charge in [-0.15, -0.1) is 0 Å². The van der Waals surface area contributed by atoms with Crippen LogP contribution in [0.4, 0.5) is 0 Å². The Bertz CT molecular complexity index is 548. The van der Waals surface area contributed by atoms with Crippen molar-refractivity contribution in [1.82, 2.24) is 4.72 Å². The Morgan fingerprint density at radius 3 is 2.47 bits per heavy atom. The highest BCUT2D eigenvalue weighted by Gasteiger charge is 2.22. The van der Waals surface area contributed by atoms with Crippen molar-refractivity contribution in [3.63, 3.8) is 0 Å². The molecule has 0 atom stereocenters. The van der Waals surface area contributed by atoms with Crippen LogP contribution in [0.15, 0.2) is 29.2 Å². The summed E-state index contributed by atoms with van der Waals surface area (Å²) in [6.45, 7) is 0.0195. The number of carboxylic acids is 1. The summed E-state index contributed by atoms with van der Waals surface area (Å²) >= 11 is 0. The fourth-order valence-corrected chi connectivity index (χ4v) is 2.43. The van der Waals surface area contributed by atoms with Crippen molar-refractivity contribution in [2.45, 2.75) is 17.7 Å². The van der Waals surface area contributed by atoms with Crippen molar-refractivity contribution in [2.75, 3.05) is 13.2 Å². The van der Waals surface area contributed by atoms with Gasteiger partial charge in [0.05, 0.1) is 11.5 Å². The molecule has 0 spiro atoms. The minimum atomic E-state index is -3.78. The van der Waals surface area contributed by atoms with Crippen LogP contribution in [0.1, 0.15) is 12.8 Å². The zero-order valence-corrected chi connectivity index (χ0v) is 11.0. The molecule has 0 bridgehead atoms. The average Bonchev–Trinajstić information content (AvgIpc) is 3.19. The standard InChI is InChI=1S/C12H15NO5S/c14-12(15)7-13-19(16,17)11-5-3-10(4-6-11)18-8-9-1-2-9/h3-6,9,13H,1-2,7-8H2,(H,14,15). The molecule has 6 nitrogen and oxygen atoms in total. The van der Waals surface area contributed by atoms with Gasteiger partial charge in [-0.2, -0.15) is 4.72 Å². The summed E-state index contributed by atoms with van der Waals surface area (Å²) in [5.74, 6) is 0.0117. The normalized spacial score (nSPS) is 15.2. The Balaban J connectivity index is 1.97. The van der Waals surface area contributed by atoms with Gasteiger partial charge in [0, 0.05) is 0 Å². The first-order chi connectivity index (χ1) is 8.97. The van der Waals surface area contributed by atoms with Gasteiger partial charge >= 0.3 is 5.97 Å². The van der Waals surface area contributed by atoms with E-state index in [1.165, 1.54) is 25.0 Å². The fraction of sp³-hybridized carbons (Fsp3) is 0.417. The third kappa shape index (κ3) is 4.22.